The third-order valence-electron chi connectivity index (χ3n) is 6.31. The van der Waals surface area contributed by atoms with Crippen LogP contribution in [0.2, 0.25) is 0 Å². The van der Waals surface area contributed by atoms with Crippen molar-refractivity contribution in [3.8, 4) is 0 Å². The van der Waals surface area contributed by atoms with E-state index in [0.29, 0.717) is 35.9 Å². The minimum atomic E-state index is -4.63. The molecule has 4 rings (SSSR count). The molecule has 1 aliphatic heterocycles. The zero-order chi connectivity index (χ0) is 24.8. The van der Waals surface area contributed by atoms with E-state index < -0.39 is 27.8 Å². The van der Waals surface area contributed by atoms with Gasteiger partial charge >= 0.3 is 6.18 Å². The van der Waals surface area contributed by atoms with Crippen molar-refractivity contribution in [2.45, 2.75) is 37.0 Å². The van der Waals surface area contributed by atoms with E-state index in [1.54, 1.807) is 32.2 Å². The highest BCUT2D eigenvalue weighted by atomic mass is 32.2. The van der Waals surface area contributed by atoms with Crippen molar-refractivity contribution < 1.29 is 21.6 Å². The number of alkyl halides is 3. The van der Waals surface area contributed by atoms with Gasteiger partial charge in [-0.2, -0.15) is 17.5 Å². The number of nitrogens with zero attached hydrogens (tertiary/aromatic N) is 4. The Morgan fingerprint density at radius 3 is 2.47 bits per heavy atom. The fourth-order valence-electron chi connectivity index (χ4n) is 4.42. The number of rotatable bonds is 4. The molecule has 0 radical (unpaired) electrons. The molecule has 1 aromatic heterocycles. The minimum Gasteiger partial charge on any atom is -0.298 e. The highest BCUT2D eigenvalue weighted by Gasteiger charge is 2.37. The number of halogens is 3. The van der Waals surface area contributed by atoms with Gasteiger partial charge in [0.15, 0.2) is 0 Å². The molecule has 0 N–H and O–H groups in total. The second-order valence-corrected chi connectivity index (χ2v) is 10.4. The van der Waals surface area contributed by atoms with E-state index in [1.165, 1.54) is 14.9 Å². The largest absolute Gasteiger partial charge is 0.416 e. The third-order valence-corrected chi connectivity index (χ3v) is 8.31. The number of hydrogen-bond acceptors (Lipinski definition) is 5. The molecular weight excluding hydrogens is 469 g/mol. The van der Waals surface area contributed by atoms with E-state index in [-0.39, 0.29) is 23.0 Å². The van der Waals surface area contributed by atoms with Crippen molar-refractivity contribution in [2.24, 2.45) is 7.05 Å². The number of fused-ring (bicyclic) bond motifs is 1. The number of sulfonamides is 1. The normalized spacial score (nSPS) is 19.4. The monoisotopic (exact) mass is 494 g/mol. The molecule has 2 atom stereocenters. The summed E-state index contributed by atoms with van der Waals surface area (Å²) in [7, 11) is -2.46. The van der Waals surface area contributed by atoms with Gasteiger partial charge in [-0.25, -0.2) is 13.4 Å². The Labute approximate surface area is 195 Å². The van der Waals surface area contributed by atoms with Crippen molar-refractivity contribution in [1.82, 2.24) is 18.8 Å². The van der Waals surface area contributed by atoms with E-state index >= 15 is 0 Å². The highest BCUT2D eigenvalue weighted by Crippen LogP contribution is 2.32. The average Bonchev–Trinajstić information content (AvgIpc) is 2.80. The second-order valence-electron chi connectivity index (χ2n) is 8.51. The first-order valence-electron chi connectivity index (χ1n) is 10.8. The minimum absolute atomic E-state index is 0.103. The molecule has 2 aromatic carbocycles. The molecular formula is C23H25F3N4O3S. The number of benzene rings is 2. The molecule has 7 nitrogen and oxygen atoms in total. The van der Waals surface area contributed by atoms with Gasteiger partial charge in [0.2, 0.25) is 10.0 Å². The van der Waals surface area contributed by atoms with Gasteiger partial charge in [-0.1, -0.05) is 18.2 Å². The van der Waals surface area contributed by atoms with Gasteiger partial charge < -0.3 is 0 Å². The van der Waals surface area contributed by atoms with Crippen molar-refractivity contribution >= 4 is 20.9 Å². The van der Waals surface area contributed by atoms with Gasteiger partial charge in [0, 0.05) is 32.7 Å². The molecule has 34 heavy (non-hydrogen) atoms. The Morgan fingerprint density at radius 1 is 1.09 bits per heavy atom. The summed E-state index contributed by atoms with van der Waals surface area (Å²) in [4.78, 5) is 19.1. The zero-order valence-electron chi connectivity index (χ0n) is 19.0. The summed E-state index contributed by atoms with van der Waals surface area (Å²) in [5, 5.41) is 0.520. The van der Waals surface area contributed by atoms with Crippen LogP contribution >= 0.6 is 0 Å². The van der Waals surface area contributed by atoms with E-state index in [0.717, 1.165) is 12.1 Å². The first-order valence-corrected chi connectivity index (χ1v) is 12.2. The molecule has 0 amide bonds. The van der Waals surface area contributed by atoms with Gasteiger partial charge in [-0.05, 0) is 44.2 Å². The van der Waals surface area contributed by atoms with Gasteiger partial charge in [-0.3, -0.25) is 14.3 Å². The maximum absolute atomic E-state index is 13.2. The molecule has 1 fully saturated rings. The van der Waals surface area contributed by atoms with Crippen LogP contribution in [0.5, 0.6) is 0 Å². The standard InChI is InChI=1S/C23H25F3N4O3S/c1-15-14-29(16(2)21-27-20-10-5-4-9-19(20)22(31)28(21)3)11-12-30(15)34(32,33)18-8-6-7-17(13-18)23(24,25)26/h4-10,13,15-16H,11-12,14H2,1-3H3. The summed E-state index contributed by atoms with van der Waals surface area (Å²) in [5.74, 6) is 0.560. The van der Waals surface area contributed by atoms with Crippen LogP contribution in [0.25, 0.3) is 10.9 Å². The fourth-order valence-corrected chi connectivity index (χ4v) is 6.08. The average molecular weight is 495 g/mol. The molecule has 0 aliphatic carbocycles. The Balaban J connectivity index is 1.58. The van der Waals surface area contributed by atoms with Gasteiger partial charge in [-0.15, -0.1) is 0 Å². The Bertz CT molecular complexity index is 1390. The van der Waals surface area contributed by atoms with Crippen LogP contribution in [0.1, 0.15) is 31.3 Å². The molecule has 0 bridgehead atoms. The van der Waals surface area contributed by atoms with Gasteiger partial charge in [0.1, 0.15) is 5.82 Å². The van der Waals surface area contributed by atoms with Crippen LogP contribution in [0.15, 0.2) is 58.2 Å². The van der Waals surface area contributed by atoms with Crippen molar-refractivity contribution in [3.05, 3.63) is 70.3 Å². The molecule has 1 saturated heterocycles. The number of piperazine rings is 1. The van der Waals surface area contributed by atoms with Crippen LogP contribution in [0, 0.1) is 0 Å². The van der Waals surface area contributed by atoms with E-state index in [4.69, 9.17) is 0 Å². The lowest BCUT2D eigenvalue weighted by Crippen LogP contribution is -2.54. The topological polar surface area (TPSA) is 75.5 Å². The van der Waals surface area contributed by atoms with Crippen LogP contribution in [0.4, 0.5) is 13.2 Å². The lowest BCUT2D eigenvalue weighted by Gasteiger charge is -2.41. The lowest BCUT2D eigenvalue weighted by molar-refractivity contribution is -0.137. The summed E-state index contributed by atoms with van der Waals surface area (Å²) in [6.45, 7) is 4.40. The molecule has 3 aromatic rings. The van der Waals surface area contributed by atoms with E-state index in [2.05, 4.69) is 4.98 Å². The highest BCUT2D eigenvalue weighted by molar-refractivity contribution is 7.89. The van der Waals surface area contributed by atoms with Crippen molar-refractivity contribution in [1.29, 1.82) is 0 Å². The third kappa shape index (κ3) is 4.35. The van der Waals surface area contributed by atoms with E-state index in [9.17, 15) is 26.4 Å². The Hall–Kier alpha value is -2.76. The number of aromatic nitrogens is 2. The lowest BCUT2D eigenvalue weighted by atomic mass is 10.1. The first-order chi connectivity index (χ1) is 15.9. The van der Waals surface area contributed by atoms with Crippen molar-refractivity contribution in [2.75, 3.05) is 19.6 Å². The second kappa shape index (κ2) is 8.79. The zero-order valence-corrected chi connectivity index (χ0v) is 19.8. The molecule has 182 valence electrons. The predicted molar refractivity (Wildman–Crippen MR) is 122 cm³/mol. The summed E-state index contributed by atoms with van der Waals surface area (Å²) < 4.78 is 68.3. The Kier molecular flexibility index (Phi) is 6.30. The maximum atomic E-state index is 13.2. The van der Waals surface area contributed by atoms with Crippen LogP contribution in [-0.2, 0) is 23.2 Å². The van der Waals surface area contributed by atoms with E-state index in [1.807, 2.05) is 17.9 Å². The molecule has 0 saturated carbocycles. The number of hydrogen-bond donors (Lipinski definition) is 0. The SMILES string of the molecule is CC(c1nc2ccccc2c(=O)n1C)N1CCN(S(=O)(=O)c2cccc(C(F)(F)F)c2)C(C)C1. The summed E-state index contributed by atoms with van der Waals surface area (Å²) in [6.07, 6.45) is -4.63. The van der Waals surface area contributed by atoms with Gasteiger partial charge in [0.05, 0.1) is 27.4 Å². The number of para-hydroxylation sites is 1. The van der Waals surface area contributed by atoms with Crippen molar-refractivity contribution in [3.63, 3.8) is 0 Å². The molecule has 0 spiro atoms. The summed E-state index contributed by atoms with van der Waals surface area (Å²) in [5.41, 5.74) is -0.575. The maximum Gasteiger partial charge on any atom is 0.416 e. The molecule has 2 heterocycles. The Morgan fingerprint density at radius 2 is 1.79 bits per heavy atom. The summed E-state index contributed by atoms with van der Waals surface area (Å²) >= 11 is 0. The van der Waals surface area contributed by atoms with Crippen LogP contribution in [-0.4, -0.2) is 52.9 Å². The van der Waals surface area contributed by atoms with Gasteiger partial charge in [0.25, 0.3) is 5.56 Å². The van der Waals surface area contributed by atoms with Crippen LogP contribution in [0.3, 0.4) is 0 Å². The fraction of sp³-hybridized carbons (Fsp3) is 0.391. The quantitative estimate of drug-likeness (QED) is 0.556. The van der Waals surface area contributed by atoms with Crippen LogP contribution < -0.4 is 5.56 Å². The summed E-state index contributed by atoms with van der Waals surface area (Å²) in [6, 6.07) is 10.1. The predicted octanol–water partition coefficient (Wildman–Crippen LogP) is 3.41. The first kappa shape index (κ1) is 24.4. The molecule has 1 aliphatic rings. The molecule has 2 unspecified atom stereocenters. The molecule has 11 heteroatoms. The smallest absolute Gasteiger partial charge is 0.298 e.